The second-order valence-corrected chi connectivity index (χ2v) is 9.62. The summed E-state index contributed by atoms with van der Waals surface area (Å²) in [4.78, 5) is 0.278. The quantitative estimate of drug-likeness (QED) is 0.577. The van der Waals surface area contributed by atoms with E-state index < -0.39 is 10.0 Å². The summed E-state index contributed by atoms with van der Waals surface area (Å²) in [7, 11) is -3.57. The highest BCUT2D eigenvalue weighted by Crippen LogP contribution is 2.33. The van der Waals surface area contributed by atoms with Crippen molar-refractivity contribution >= 4 is 28.0 Å². The van der Waals surface area contributed by atoms with Crippen molar-refractivity contribution in [2.45, 2.75) is 47.0 Å². The third-order valence-electron chi connectivity index (χ3n) is 4.67. The Kier molecular flexibility index (Phi) is 6.12. The van der Waals surface area contributed by atoms with Gasteiger partial charge in [0.2, 0.25) is 15.2 Å². The second-order valence-electron chi connectivity index (χ2n) is 6.70. The van der Waals surface area contributed by atoms with Crippen LogP contribution < -0.4 is 4.72 Å². The van der Waals surface area contributed by atoms with E-state index in [0.29, 0.717) is 10.9 Å². The number of nitrogens with one attached hydrogen (secondary N) is 1. The molecule has 0 radical (unpaired) electrons. The largest absolute Gasteiger partial charge is 0.463 e. The van der Waals surface area contributed by atoms with Crippen molar-refractivity contribution in [2.24, 2.45) is 5.10 Å². The van der Waals surface area contributed by atoms with Crippen LogP contribution >= 0.6 is 11.8 Å². The van der Waals surface area contributed by atoms with E-state index in [1.807, 2.05) is 0 Å². The number of benzene rings is 1. The molecule has 0 bridgehead atoms. The van der Waals surface area contributed by atoms with E-state index in [1.165, 1.54) is 18.1 Å². The molecule has 1 aromatic carbocycles. The lowest BCUT2D eigenvalue weighted by Gasteiger charge is -2.31. The molecule has 0 saturated heterocycles. The second kappa shape index (κ2) is 8.93. The molecule has 1 aliphatic rings. The van der Waals surface area contributed by atoms with Gasteiger partial charge in [-0.1, -0.05) is 42.8 Å². The first kappa shape index (κ1) is 19.9. The Morgan fingerprint density at radius 1 is 1.17 bits per heavy atom. The summed E-state index contributed by atoms with van der Waals surface area (Å²) in [5.41, 5.74) is 0. The summed E-state index contributed by atoms with van der Waals surface area (Å²) in [6.07, 6.45) is 8.40. The Labute approximate surface area is 173 Å². The maximum atomic E-state index is 12.8. The molecule has 1 aliphatic carbocycles. The number of thioether (sulfide) groups is 1. The molecule has 2 heterocycles. The van der Waals surface area contributed by atoms with Crippen LogP contribution in [-0.2, 0) is 10.0 Å². The van der Waals surface area contributed by atoms with Gasteiger partial charge in [-0.25, -0.2) is 13.1 Å². The SMILES string of the molecule is O=S(=O)(N[C@H]1CCCC[C@@H]1Sc1nncn1/N=C\c1ccco1)c1ccccc1. The molecule has 0 amide bonds. The van der Waals surface area contributed by atoms with Crippen molar-refractivity contribution < 1.29 is 12.8 Å². The summed E-state index contributed by atoms with van der Waals surface area (Å²) < 4.78 is 35.2. The minimum atomic E-state index is -3.57. The van der Waals surface area contributed by atoms with Crippen LogP contribution in [0, 0.1) is 0 Å². The van der Waals surface area contributed by atoms with Crippen molar-refractivity contribution in [3.8, 4) is 0 Å². The molecule has 0 aliphatic heterocycles. The number of aromatic nitrogens is 3. The molecule has 0 spiro atoms. The van der Waals surface area contributed by atoms with E-state index in [2.05, 4.69) is 20.0 Å². The Bertz CT molecular complexity index is 1050. The van der Waals surface area contributed by atoms with Crippen LogP contribution in [0.4, 0.5) is 0 Å². The lowest BCUT2D eigenvalue weighted by Crippen LogP contribution is -2.43. The van der Waals surface area contributed by atoms with Crippen molar-refractivity contribution in [2.75, 3.05) is 0 Å². The fourth-order valence-electron chi connectivity index (χ4n) is 3.24. The van der Waals surface area contributed by atoms with Gasteiger partial charge in [-0.05, 0) is 37.1 Å². The lowest BCUT2D eigenvalue weighted by atomic mass is 9.96. The molecule has 1 saturated carbocycles. The van der Waals surface area contributed by atoms with E-state index in [1.54, 1.807) is 59.6 Å². The molecule has 3 aromatic rings. The number of hydrogen-bond acceptors (Lipinski definition) is 7. The maximum absolute atomic E-state index is 12.8. The van der Waals surface area contributed by atoms with Gasteiger partial charge >= 0.3 is 0 Å². The number of hydrogen-bond donors (Lipinski definition) is 1. The molecule has 2 atom stereocenters. The number of furan rings is 1. The Hall–Kier alpha value is -2.43. The van der Waals surface area contributed by atoms with Crippen LogP contribution in [0.15, 0.2) is 74.6 Å². The van der Waals surface area contributed by atoms with Crippen LogP contribution in [0.3, 0.4) is 0 Å². The number of rotatable bonds is 7. The predicted molar refractivity (Wildman–Crippen MR) is 110 cm³/mol. The van der Waals surface area contributed by atoms with E-state index in [9.17, 15) is 8.42 Å². The molecular formula is C19H21N5O3S2. The van der Waals surface area contributed by atoms with Gasteiger partial charge in [0, 0.05) is 11.3 Å². The number of nitrogens with zero attached hydrogens (tertiary/aromatic N) is 4. The summed E-state index contributed by atoms with van der Waals surface area (Å²) >= 11 is 1.50. The first-order valence-corrected chi connectivity index (χ1v) is 11.7. The molecule has 1 N–H and O–H groups in total. The topological polar surface area (TPSA) is 102 Å². The van der Waals surface area contributed by atoms with Crippen molar-refractivity contribution in [3.63, 3.8) is 0 Å². The van der Waals surface area contributed by atoms with Gasteiger partial charge in [-0.15, -0.1) is 10.2 Å². The summed E-state index contributed by atoms with van der Waals surface area (Å²) in [6.45, 7) is 0. The molecule has 152 valence electrons. The zero-order valence-electron chi connectivity index (χ0n) is 15.6. The molecule has 2 aromatic heterocycles. The van der Waals surface area contributed by atoms with Gasteiger partial charge in [0.05, 0.1) is 17.4 Å². The van der Waals surface area contributed by atoms with Gasteiger partial charge in [0.25, 0.3) is 0 Å². The van der Waals surface area contributed by atoms with Crippen LogP contribution in [0.5, 0.6) is 0 Å². The zero-order valence-corrected chi connectivity index (χ0v) is 17.2. The average Bonchev–Trinajstić information content (AvgIpc) is 3.40. The highest BCUT2D eigenvalue weighted by molar-refractivity contribution is 7.99. The molecule has 4 rings (SSSR count). The fourth-order valence-corrected chi connectivity index (χ4v) is 5.87. The molecule has 8 nitrogen and oxygen atoms in total. The molecule has 1 fully saturated rings. The van der Waals surface area contributed by atoms with Crippen molar-refractivity contribution in [3.05, 3.63) is 60.8 Å². The zero-order chi connectivity index (χ0) is 20.1. The van der Waals surface area contributed by atoms with Crippen LogP contribution in [0.25, 0.3) is 0 Å². The van der Waals surface area contributed by atoms with Crippen LogP contribution in [0.2, 0.25) is 0 Å². The maximum Gasteiger partial charge on any atom is 0.240 e. The van der Waals surface area contributed by atoms with Gasteiger partial charge < -0.3 is 4.42 Å². The monoisotopic (exact) mass is 431 g/mol. The highest BCUT2D eigenvalue weighted by atomic mass is 32.2. The summed E-state index contributed by atoms with van der Waals surface area (Å²) in [5, 5.41) is 13.1. The third kappa shape index (κ3) is 4.95. The first-order chi connectivity index (χ1) is 14.1. The van der Waals surface area contributed by atoms with Crippen LogP contribution in [0.1, 0.15) is 31.4 Å². The lowest BCUT2D eigenvalue weighted by molar-refractivity contribution is 0.422. The van der Waals surface area contributed by atoms with E-state index in [-0.39, 0.29) is 16.2 Å². The fraction of sp³-hybridized carbons (Fsp3) is 0.316. The van der Waals surface area contributed by atoms with Crippen molar-refractivity contribution in [1.82, 2.24) is 19.6 Å². The van der Waals surface area contributed by atoms with E-state index >= 15 is 0 Å². The molecule has 10 heteroatoms. The van der Waals surface area contributed by atoms with Gasteiger partial charge in [-0.2, -0.15) is 9.78 Å². The standard InChI is InChI=1S/C19H21N5O3S2/c25-29(26,16-8-2-1-3-9-16)23-17-10-4-5-11-18(17)28-19-22-20-14-24(19)21-13-15-7-6-12-27-15/h1-3,6-9,12-14,17-18,23H,4-5,10-11H2/b21-13-/t17-,18-/m0/s1. The highest BCUT2D eigenvalue weighted by Gasteiger charge is 2.31. The van der Waals surface area contributed by atoms with Crippen LogP contribution in [-0.4, -0.2) is 40.8 Å². The molecule has 29 heavy (non-hydrogen) atoms. The Balaban J connectivity index is 1.48. The first-order valence-electron chi connectivity index (χ1n) is 9.34. The van der Waals surface area contributed by atoms with E-state index in [4.69, 9.17) is 4.42 Å². The van der Waals surface area contributed by atoms with Gasteiger partial charge in [0.15, 0.2) is 0 Å². The predicted octanol–water partition coefficient (Wildman–Crippen LogP) is 3.14. The average molecular weight is 432 g/mol. The molecule has 0 unspecified atom stereocenters. The Morgan fingerprint density at radius 3 is 2.79 bits per heavy atom. The minimum Gasteiger partial charge on any atom is -0.463 e. The summed E-state index contributed by atoms with van der Waals surface area (Å²) in [6, 6.07) is 11.9. The smallest absolute Gasteiger partial charge is 0.240 e. The summed E-state index contributed by atoms with van der Waals surface area (Å²) in [5.74, 6) is 0.626. The third-order valence-corrected chi connectivity index (χ3v) is 7.52. The molecular weight excluding hydrogens is 410 g/mol. The Morgan fingerprint density at radius 2 is 2.00 bits per heavy atom. The van der Waals surface area contributed by atoms with Gasteiger partial charge in [0.1, 0.15) is 12.1 Å². The van der Waals surface area contributed by atoms with Crippen molar-refractivity contribution in [1.29, 1.82) is 0 Å². The van der Waals surface area contributed by atoms with Gasteiger partial charge in [-0.3, -0.25) is 0 Å². The van der Waals surface area contributed by atoms with E-state index in [0.717, 1.165) is 25.7 Å². The number of sulfonamides is 1. The minimum absolute atomic E-state index is 0.0454. The normalized spacial score (nSPS) is 20.3.